The molecule has 0 aliphatic carbocycles. The number of benzene rings is 2. The SMILES string of the molecule is Cc1ccccc1SCC(=O)NC(C)c1ccc(S(C)(=O)=O)cc1. The molecular formula is C18H21NO3S2. The molecule has 0 fully saturated rings. The molecule has 2 aromatic carbocycles. The summed E-state index contributed by atoms with van der Waals surface area (Å²) < 4.78 is 22.9. The van der Waals surface area contributed by atoms with E-state index in [1.807, 2.05) is 38.1 Å². The van der Waals surface area contributed by atoms with Gasteiger partial charge >= 0.3 is 0 Å². The molecule has 0 aromatic heterocycles. The van der Waals surface area contributed by atoms with Crippen molar-refractivity contribution in [3.8, 4) is 0 Å². The lowest BCUT2D eigenvalue weighted by Gasteiger charge is -2.15. The molecular weight excluding hydrogens is 342 g/mol. The van der Waals surface area contributed by atoms with E-state index in [1.54, 1.807) is 24.3 Å². The van der Waals surface area contributed by atoms with Crippen molar-refractivity contribution in [1.29, 1.82) is 0 Å². The summed E-state index contributed by atoms with van der Waals surface area (Å²) in [4.78, 5) is 13.5. The molecule has 1 unspecified atom stereocenters. The van der Waals surface area contributed by atoms with E-state index in [2.05, 4.69) is 5.32 Å². The first-order chi connectivity index (χ1) is 11.3. The Kier molecular flexibility index (Phi) is 6.07. The third-order valence-electron chi connectivity index (χ3n) is 3.64. The maximum atomic E-state index is 12.1. The zero-order valence-corrected chi connectivity index (χ0v) is 15.6. The van der Waals surface area contributed by atoms with E-state index in [0.717, 1.165) is 16.0 Å². The second-order valence-corrected chi connectivity index (χ2v) is 8.72. The van der Waals surface area contributed by atoms with Crippen molar-refractivity contribution in [2.24, 2.45) is 0 Å². The zero-order valence-electron chi connectivity index (χ0n) is 13.9. The van der Waals surface area contributed by atoms with Crippen LogP contribution >= 0.6 is 11.8 Å². The molecule has 24 heavy (non-hydrogen) atoms. The molecule has 6 heteroatoms. The first kappa shape index (κ1) is 18.5. The fourth-order valence-corrected chi connectivity index (χ4v) is 3.70. The Morgan fingerprint density at radius 1 is 1.12 bits per heavy atom. The summed E-state index contributed by atoms with van der Waals surface area (Å²) in [7, 11) is -3.20. The number of hydrogen-bond acceptors (Lipinski definition) is 4. The molecule has 0 saturated carbocycles. The minimum atomic E-state index is -3.20. The van der Waals surface area contributed by atoms with Gasteiger partial charge in [0.1, 0.15) is 0 Å². The normalized spacial score (nSPS) is 12.6. The van der Waals surface area contributed by atoms with E-state index in [1.165, 1.54) is 18.0 Å². The van der Waals surface area contributed by atoms with Gasteiger partial charge in [-0.1, -0.05) is 30.3 Å². The van der Waals surface area contributed by atoms with Crippen molar-refractivity contribution >= 4 is 27.5 Å². The highest BCUT2D eigenvalue weighted by molar-refractivity contribution is 8.00. The van der Waals surface area contributed by atoms with Crippen LogP contribution in [0.2, 0.25) is 0 Å². The average molecular weight is 364 g/mol. The average Bonchev–Trinajstić information content (AvgIpc) is 2.53. The zero-order chi connectivity index (χ0) is 17.7. The minimum Gasteiger partial charge on any atom is -0.349 e. The Bertz CT molecular complexity index is 814. The first-order valence-corrected chi connectivity index (χ1v) is 10.4. The van der Waals surface area contributed by atoms with Gasteiger partial charge in [-0.05, 0) is 43.2 Å². The van der Waals surface area contributed by atoms with Gasteiger partial charge in [0.25, 0.3) is 0 Å². The summed E-state index contributed by atoms with van der Waals surface area (Å²) in [5.74, 6) is 0.291. The molecule has 128 valence electrons. The van der Waals surface area contributed by atoms with Crippen LogP contribution in [-0.2, 0) is 14.6 Å². The van der Waals surface area contributed by atoms with Crippen LogP contribution in [0.5, 0.6) is 0 Å². The lowest BCUT2D eigenvalue weighted by molar-refractivity contribution is -0.119. The molecule has 0 heterocycles. The molecule has 2 rings (SSSR count). The van der Waals surface area contributed by atoms with E-state index in [-0.39, 0.29) is 16.8 Å². The fraction of sp³-hybridized carbons (Fsp3) is 0.278. The number of rotatable bonds is 6. The van der Waals surface area contributed by atoms with Gasteiger partial charge in [-0.25, -0.2) is 8.42 Å². The van der Waals surface area contributed by atoms with Gasteiger partial charge < -0.3 is 5.32 Å². The molecule has 2 aromatic rings. The van der Waals surface area contributed by atoms with Crippen LogP contribution in [-0.4, -0.2) is 26.3 Å². The van der Waals surface area contributed by atoms with Crippen LogP contribution < -0.4 is 5.32 Å². The Morgan fingerprint density at radius 2 is 1.75 bits per heavy atom. The molecule has 0 aliphatic rings. The van der Waals surface area contributed by atoms with Crippen molar-refractivity contribution in [3.05, 3.63) is 59.7 Å². The highest BCUT2D eigenvalue weighted by Crippen LogP contribution is 2.22. The molecule has 0 spiro atoms. The monoisotopic (exact) mass is 363 g/mol. The number of sulfone groups is 1. The number of nitrogens with one attached hydrogen (secondary N) is 1. The van der Waals surface area contributed by atoms with Gasteiger partial charge in [0.15, 0.2) is 9.84 Å². The molecule has 0 radical (unpaired) electrons. The topological polar surface area (TPSA) is 63.2 Å². The van der Waals surface area contributed by atoms with Crippen LogP contribution in [0, 0.1) is 6.92 Å². The van der Waals surface area contributed by atoms with Crippen LogP contribution in [0.3, 0.4) is 0 Å². The number of carbonyl (C=O) groups is 1. The van der Waals surface area contributed by atoms with Crippen molar-refractivity contribution in [2.45, 2.75) is 29.7 Å². The number of amides is 1. The Morgan fingerprint density at radius 3 is 2.33 bits per heavy atom. The maximum Gasteiger partial charge on any atom is 0.230 e. The van der Waals surface area contributed by atoms with Crippen molar-refractivity contribution in [3.63, 3.8) is 0 Å². The van der Waals surface area contributed by atoms with Gasteiger partial charge in [-0.2, -0.15) is 0 Å². The molecule has 1 N–H and O–H groups in total. The lowest BCUT2D eigenvalue weighted by Crippen LogP contribution is -2.28. The van der Waals surface area contributed by atoms with E-state index >= 15 is 0 Å². The van der Waals surface area contributed by atoms with Gasteiger partial charge in [-0.3, -0.25) is 4.79 Å². The van der Waals surface area contributed by atoms with E-state index in [9.17, 15) is 13.2 Å². The molecule has 0 aliphatic heterocycles. The second-order valence-electron chi connectivity index (χ2n) is 5.68. The van der Waals surface area contributed by atoms with Crippen LogP contribution in [0.4, 0.5) is 0 Å². The van der Waals surface area contributed by atoms with Crippen molar-refractivity contribution in [1.82, 2.24) is 5.32 Å². The molecule has 0 bridgehead atoms. The summed E-state index contributed by atoms with van der Waals surface area (Å²) in [5, 5.41) is 2.93. The highest BCUT2D eigenvalue weighted by Gasteiger charge is 2.12. The van der Waals surface area contributed by atoms with Gasteiger partial charge in [0, 0.05) is 11.2 Å². The largest absolute Gasteiger partial charge is 0.349 e. The second kappa shape index (κ2) is 7.85. The Hall–Kier alpha value is -1.79. The fourth-order valence-electron chi connectivity index (χ4n) is 2.23. The summed E-state index contributed by atoms with van der Waals surface area (Å²) in [5.41, 5.74) is 2.02. The van der Waals surface area contributed by atoms with Crippen molar-refractivity contribution < 1.29 is 13.2 Å². The van der Waals surface area contributed by atoms with E-state index in [0.29, 0.717) is 5.75 Å². The van der Waals surface area contributed by atoms with Gasteiger partial charge in [-0.15, -0.1) is 11.8 Å². The lowest BCUT2D eigenvalue weighted by atomic mass is 10.1. The quantitative estimate of drug-likeness (QED) is 0.799. The Balaban J connectivity index is 1.93. The first-order valence-electron chi connectivity index (χ1n) is 7.55. The van der Waals surface area contributed by atoms with Crippen molar-refractivity contribution in [2.75, 3.05) is 12.0 Å². The maximum absolute atomic E-state index is 12.1. The number of thioether (sulfide) groups is 1. The number of carbonyl (C=O) groups excluding carboxylic acids is 1. The van der Waals surface area contributed by atoms with Crippen LogP contribution in [0.25, 0.3) is 0 Å². The Labute approximate surface area is 147 Å². The number of aryl methyl sites for hydroxylation is 1. The standard InChI is InChI=1S/C18H21NO3S2/c1-13-6-4-5-7-17(13)23-12-18(20)19-14(2)15-8-10-16(11-9-15)24(3,21)22/h4-11,14H,12H2,1-3H3,(H,19,20). The van der Waals surface area contributed by atoms with Crippen LogP contribution in [0.1, 0.15) is 24.1 Å². The molecule has 0 saturated heterocycles. The summed E-state index contributed by atoms with van der Waals surface area (Å²) >= 11 is 1.51. The van der Waals surface area contributed by atoms with E-state index in [4.69, 9.17) is 0 Å². The molecule has 4 nitrogen and oxygen atoms in total. The number of hydrogen-bond donors (Lipinski definition) is 1. The van der Waals surface area contributed by atoms with Crippen LogP contribution in [0.15, 0.2) is 58.3 Å². The predicted molar refractivity (Wildman–Crippen MR) is 98.0 cm³/mol. The summed E-state index contributed by atoms with van der Waals surface area (Å²) in [6.45, 7) is 3.90. The van der Waals surface area contributed by atoms with Gasteiger partial charge in [0.2, 0.25) is 5.91 Å². The van der Waals surface area contributed by atoms with Gasteiger partial charge in [0.05, 0.1) is 16.7 Å². The minimum absolute atomic E-state index is 0.0528. The summed E-state index contributed by atoms with van der Waals surface area (Å²) in [6, 6.07) is 14.4. The third kappa shape index (κ3) is 5.11. The summed E-state index contributed by atoms with van der Waals surface area (Å²) in [6.07, 6.45) is 1.18. The highest BCUT2D eigenvalue weighted by atomic mass is 32.2. The molecule has 1 atom stereocenters. The third-order valence-corrected chi connectivity index (χ3v) is 5.94. The molecule has 1 amide bonds. The van der Waals surface area contributed by atoms with E-state index < -0.39 is 9.84 Å². The predicted octanol–water partition coefficient (Wildman–Crippen LogP) is 3.37. The smallest absolute Gasteiger partial charge is 0.230 e.